The highest BCUT2D eigenvalue weighted by Gasteiger charge is 2.04. The maximum atomic E-state index is 5.15. The molecule has 0 aliphatic rings. The zero-order valence-corrected chi connectivity index (χ0v) is 15.0. The molecule has 0 unspecified atom stereocenters. The van der Waals surface area contributed by atoms with Crippen molar-refractivity contribution in [2.45, 2.75) is 6.92 Å². The van der Waals surface area contributed by atoms with Gasteiger partial charge in [0.2, 0.25) is 5.95 Å². The highest BCUT2D eigenvalue weighted by molar-refractivity contribution is 9.10. The monoisotopic (exact) mass is 384 g/mol. The summed E-state index contributed by atoms with van der Waals surface area (Å²) in [4.78, 5) is 8.75. The Bertz CT molecular complexity index is 837. The van der Waals surface area contributed by atoms with Crippen molar-refractivity contribution in [2.75, 3.05) is 17.7 Å². The third kappa shape index (κ3) is 4.02. The van der Waals surface area contributed by atoms with Gasteiger partial charge in [-0.05, 0) is 61.0 Å². The molecular weight excluding hydrogens is 368 g/mol. The molecule has 0 saturated heterocycles. The topological polar surface area (TPSA) is 59.1 Å². The van der Waals surface area contributed by atoms with Gasteiger partial charge in [0.25, 0.3) is 0 Å². The molecule has 0 fully saturated rings. The maximum Gasteiger partial charge on any atom is 0.229 e. The Morgan fingerprint density at radius 3 is 2.50 bits per heavy atom. The standard InChI is InChI=1S/C18H17BrN4O/c1-12-11-13(19)3-8-16(12)22-17-9-10-20-18(23-17)21-14-4-6-15(24-2)7-5-14/h3-11H,1-2H3,(H2,20,21,22,23). The molecule has 0 saturated carbocycles. The van der Waals surface area contributed by atoms with Gasteiger partial charge in [-0.25, -0.2) is 4.98 Å². The minimum atomic E-state index is 0.528. The molecule has 0 amide bonds. The number of rotatable bonds is 5. The molecule has 3 rings (SSSR count). The Hall–Kier alpha value is -2.60. The largest absolute Gasteiger partial charge is 0.497 e. The Kier molecular flexibility index (Phi) is 4.96. The molecule has 122 valence electrons. The number of nitrogens with zero attached hydrogens (tertiary/aromatic N) is 2. The summed E-state index contributed by atoms with van der Waals surface area (Å²) in [6, 6.07) is 15.5. The van der Waals surface area contributed by atoms with Crippen LogP contribution in [0.1, 0.15) is 5.56 Å². The number of hydrogen-bond donors (Lipinski definition) is 2. The number of aryl methyl sites for hydroxylation is 1. The average Bonchev–Trinajstić information content (AvgIpc) is 2.58. The van der Waals surface area contributed by atoms with E-state index in [-0.39, 0.29) is 0 Å². The van der Waals surface area contributed by atoms with Crippen LogP contribution in [0.2, 0.25) is 0 Å². The van der Waals surface area contributed by atoms with E-state index in [2.05, 4.69) is 42.6 Å². The van der Waals surface area contributed by atoms with Crippen LogP contribution in [0.25, 0.3) is 0 Å². The molecule has 2 aromatic carbocycles. The molecule has 1 heterocycles. The van der Waals surface area contributed by atoms with E-state index in [4.69, 9.17) is 4.74 Å². The molecule has 3 aromatic rings. The zero-order chi connectivity index (χ0) is 16.9. The molecule has 0 spiro atoms. The molecule has 0 bridgehead atoms. The predicted molar refractivity (Wildman–Crippen MR) is 100 cm³/mol. The molecular formula is C18H17BrN4O. The fourth-order valence-electron chi connectivity index (χ4n) is 2.20. The van der Waals surface area contributed by atoms with Gasteiger partial charge < -0.3 is 15.4 Å². The van der Waals surface area contributed by atoms with Gasteiger partial charge in [-0.1, -0.05) is 15.9 Å². The number of ether oxygens (including phenoxy) is 1. The van der Waals surface area contributed by atoms with Gasteiger partial charge in [-0.2, -0.15) is 4.98 Å². The minimum absolute atomic E-state index is 0.528. The fraction of sp³-hybridized carbons (Fsp3) is 0.111. The van der Waals surface area contributed by atoms with E-state index in [9.17, 15) is 0 Å². The third-order valence-electron chi connectivity index (χ3n) is 3.45. The molecule has 0 atom stereocenters. The number of anilines is 4. The highest BCUT2D eigenvalue weighted by atomic mass is 79.9. The van der Waals surface area contributed by atoms with Crippen LogP contribution >= 0.6 is 15.9 Å². The predicted octanol–water partition coefficient (Wildman–Crippen LogP) is 5.04. The van der Waals surface area contributed by atoms with Gasteiger partial charge in [-0.3, -0.25) is 0 Å². The van der Waals surface area contributed by atoms with Crippen molar-refractivity contribution in [3.63, 3.8) is 0 Å². The zero-order valence-electron chi connectivity index (χ0n) is 13.4. The van der Waals surface area contributed by atoms with E-state index >= 15 is 0 Å². The second kappa shape index (κ2) is 7.31. The lowest BCUT2D eigenvalue weighted by atomic mass is 10.2. The highest BCUT2D eigenvalue weighted by Crippen LogP contribution is 2.24. The second-order valence-electron chi connectivity index (χ2n) is 5.20. The first-order valence-corrected chi connectivity index (χ1v) is 8.20. The molecule has 0 aliphatic heterocycles. The van der Waals surface area contributed by atoms with Crippen molar-refractivity contribution >= 4 is 39.1 Å². The van der Waals surface area contributed by atoms with Crippen LogP contribution in [0, 0.1) is 6.92 Å². The van der Waals surface area contributed by atoms with Gasteiger partial charge in [0.05, 0.1) is 7.11 Å². The Balaban J connectivity index is 1.75. The van der Waals surface area contributed by atoms with Crippen molar-refractivity contribution in [3.05, 3.63) is 64.8 Å². The Morgan fingerprint density at radius 2 is 1.79 bits per heavy atom. The van der Waals surface area contributed by atoms with Gasteiger partial charge in [0.15, 0.2) is 0 Å². The smallest absolute Gasteiger partial charge is 0.229 e. The third-order valence-corrected chi connectivity index (χ3v) is 3.95. The van der Waals surface area contributed by atoms with E-state index in [1.807, 2.05) is 49.4 Å². The quantitative estimate of drug-likeness (QED) is 0.644. The van der Waals surface area contributed by atoms with E-state index < -0.39 is 0 Å². The van der Waals surface area contributed by atoms with Crippen LogP contribution in [0.15, 0.2) is 59.2 Å². The fourth-order valence-corrected chi connectivity index (χ4v) is 2.67. The molecule has 0 radical (unpaired) electrons. The summed E-state index contributed by atoms with van der Waals surface area (Å²) < 4.78 is 6.20. The second-order valence-corrected chi connectivity index (χ2v) is 6.12. The van der Waals surface area contributed by atoms with Crippen molar-refractivity contribution < 1.29 is 4.74 Å². The van der Waals surface area contributed by atoms with E-state index in [1.165, 1.54) is 0 Å². The van der Waals surface area contributed by atoms with Crippen molar-refractivity contribution in [1.82, 2.24) is 9.97 Å². The normalized spacial score (nSPS) is 10.3. The summed E-state index contributed by atoms with van der Waals surface area (Å²) >= 11 is 3.47. The van der Waals surface area contributed by atoms with Gasteiger partial charge in [-0.15, -0.1) is 0 Å². The molecule has 2 N–H and O–H groups in total. The summed E-state index contributed by atoms with van der Waals surface area (Å²) in [5, 5.41) is 6.49. The van der Waals surface area contributed by atoms with Gasteiger partial charge in [0, 0.05) is 22.0 Å². The molecule has 24 heavy (non-hydrogen) atoms. The van der Waals surface area contributed by atoms with Crippen LogP contribution in [0.4, 0.5) is 23.1 Å². The van der Waals surface area contributed by atoms with Crippen LogP contribution in [0.3, 0.4) is 0 Å². The first-order valence-electron chi connectivity index (χ1n) is 7.41. The van der Waals surface area contributed by atoms with E-state index in [1.54, 1.807) is 13.3 Å². The lowest BCUT2D eigenvalue weighted by Crippen LogP contribution is -2.01. The molecule has 0 aliphatic carbocycles. The number of methoxy groups -OCH3 is 1. The summed E-state index contributed by atoms with van der Waals surface area (Å²) in [7, 11) is 1.64. The minimum Gasteiger partial charge on any atom is -0.497 e. The van der Waals surface area contributed by atoms with Gasteiger partial charge in [0.1, 0.15) is 11.6 Å². The Labute approximate surface area is 149 Å². The summed E-state index contributed by atoms with van der Waals surface area (Å²) in [5.74, 6) is 2.06. The lowest BCUT2D eigenvalue weighted by molar-refractivity contribution is 0.415. The first kappa shape index (κ1) is 16.3. The van der Waals surface area contributed by atoms with E-state index in [0.717, 1.165) is 33.0 Å². The SMILES string of the molecule is COc1ccc(Nc2nccc(Nc3ccc(Br)cc3C)n2)cc1. The Morgan fingerprint density at radius 1 is 1.00 bits per heavy atom. The van der Waals surface area contributed by atoms with Crippen LogP contribution in [-0.4, -0.2) is 17.1 Å². The number of nitrogens with one attached hydrogen (secondary N) is 2. The number of hydrogen-bond acceptors (Lipinski definition) is 5. The maximum absolute atomic E-state index is 5.15. The van der Waals surface area contributed by atoms with E-state index in [0.29, 0.717) is 5.95 Å². The number of aromatic nitrogens is 2. The molecule has 6 heteroatoms. The van der Waals surface area contributed by atoms with Crippen molar-refractivity contribution in [2.24, 2.45) is 0 Å². The lowest BCUT2D eigenvalue weighted by Gasteiger charge is -2.11. The number of benzene rings is 2. The first-order chi connectivity index (χ1) is 11.6. The van der Waals surface area contributed by atoms with Crippen LogP contribution < -0.4 is 15.4 Å². The summed E-state index contributed by atoms with van der Waals surface area (Å²) in [6.45, 7) is 2.05. The summed E-state index contributed by atoms with van der Waals surface area (Å²) in [5.41, 5.74) is 3.03. The van der Waals surface area contributed by atoms with Crippen molar-refractivity contribution in [1.29, 1.82) is 0 Å². The average molecular weight is 385 g/mol. The number of halogens is 1. The molecule has 1 aromatic heterocycles. The van der Waals surface area contributed by atoms with Gasteiger partial charge >= 0.3 is 0 Å². The summed E-state index contributed by atoms with van der Waals surface area (Å²) in [6.07, 6.45) is 1.72. The molecule has 5 nitrogen and oxygen atoms in total. The van der Waals surface area contributed by atoms with Crippen molar-refractivity contribution in [3.8, 4) is 5.75 Å². The van der Waals surface area contributed by atoms with Crippen LogP contribution in [-0.2, 0) is 0 Å². The van der Waals surface area contributed by atoms with Crippen LogP contribution in [0.5, 0.6) is 5.75 Å².